The minimum absolute atomic E-state index is 0.0283. The SMILES string of the molecule is Cc1ccc2cc1Oc1cccc(c1)CO[C@@H]1CCN(Cc3cccn(C)c3=O)C[C@@H]1NC(=O)CN(C)C2=O. The molecule has 9 heteroatoms. The van der Waals surface area contributed by atoms with Gasteiger partial charge in [0, 0.05) is 51.1 Å². The first kappa shape index (κ1) is 26.6. The van der Waals surface area contributed by atoms with Gasteiger partial charge in [0.1, 0.15) is 11.5 Å². The summed E-state index contributed by atoms with van der Waals surface area (Å²) in [5.74, 6) is 0.714. The maximum atomic E-state index is 13.2. The van der Waals surface area contributed by atoms with Crippen LogP contribution in [0.25, 0.3) is 0 Å². The lowest BCUT2D eigenvalue weighted by molar-refractivity contribution is -0.125. The van der Waals surface area contributed by atoms with E-state index in [0.29, 0.717) is 48.7 Å². The van der Waals surface area contributed by atoms with Crippen molar-refractivity contribution in [2.75, 3.05) is 26.7 Å². The molecule has 39 heavy (non-hydrogen) atoms. The average Bonchev–Trinajstić information content (AvgIpc) is 2.91. The van der Waals surface area contributed by atoms with E-state index in [4.69, 9.17) is 9.47 Å². The van der Waals surface area contributed by atoms with Crippen LogP contribution in [0.5, 0.6) is 11.5 Å². The molecular formula is C30H34N4O5. The Balaban J connectivity index is 1.40. The fourth-order valence-corrected chi connectivity index (χ4v) is 5.13. The molecule has 2 atom stereocenters. The molecule has 0 spiro atoms. The highest BCUT2D eigenvalue weighted by Crippen LogP contribution is 2.28. The summed E-state index contributed by atoms with van der Waals surface area (Å²) in [6.07, 6.45) is 2.20. The number of fused-ring (bicyclic) bond motifs is 5. The van der Waals surface area contributed by atoms with Gasteiger partial charge >= 0.3 is 0 Å². The van der Waals surface area contributed by atoms with Crippen LogP contribution in [0.2, 0.25) is 0 Å². The third-order valence-corrected chi connectivity index (χ3v) is 7.33. The van der Waals surface area contributed by atoms with E-state index in [2.05, 4.69) is 10.2 Å². The van der Waals surface area contributed by atoms with Crippen molar-refractivity contribution in [2.24, 2.45) is 7.05 Å². The van der Waals surface area contributed by atoms with Crippen LogP contribution in [0, 0.1) is 6.92 Å². The van der Waals surface area contributed by atoms with E-state index in [1.165, 1.54) is 4.90 Å². The number of ether oxygens (including phenoxy) is 2. The molecule has 9 nitrogen and oxygen atoms in total. The molecule has 1 aromatic heterocycles. The Hall–Kier alpha value is -3.95. The van der Waals surface area contributed by atoms with Crippen molar-refractivity contribution in [1.29, 1.82) is 0 Å². The van der Waals surface area contributed by atoms with E-state index in [1.54, 1.807) is 37.0 Å². The summed E-state index contributed by atoms with van der Waals surface area (Å²) in [5, 5.41) is 3.11. The molecule has 2 amide bonds. The summed E-state index contributed by atoms with van der Waals surface area (Å²) in [5.41, 5.74) is 2.98. The summed E-state index contributed by atoms with van der Waals surface area (Å²) in [4.78, 5) is 42.4. The van der Waals surface area contributed by atoms with E-state index in [-0.39, 0.29) is 36.1 Å². The lowest BCUT2D eigenvalue weighted by atomic mass is 10.0. The molecule has 2 aliphatic rings. The maximum absolute atomic E-state index is 13.2. The lowest BCUT2D eigenvalue weighted by Crippen LogP contribution is -2.57. The number of likely N-dealkylation sites (tertiary alicyclic amines) is 1. The van der Waals surface area contributed by atoms with E-state index < -0.39 is 0 Å². The molecule has 4 bridgehead atoms. The molecule has 3 heterocycles. The van der Waals surface area contributed by atoms with Crippen LogP contribution in [-0.2, 0) is 29.7 Å². The Morgan fingerprint density at radius 3 is 2.72 bits per heavy atom. The number of likely N-dealkylation sites (N-methyl/N-ethyl adjacent to an activating group) is 1. The summed E-state index contributed by atoms with van der Waals surface area (Å²) in [6, 6.07) is 16.4. The number of rotatable bonds is 2. The van der Waals surface area contributed by atoms with Crippen LogP contribution in [0.15, 0.2) is 65.6 Å². The predicted octanol–water partition coefficient (Wildman–Crippen LogP) is 2.85. The fourth-order valence-electron chi connectivity index (χ4n) is 5.13. The zero-order chi connectivity index (χ0) is 27.5. The van der Waals surface area contributed by atoms with Crippen LogP contribution in [0.4, 0.5) is 0 Å². The predicted molar refractivity (Wildman–Crippen MR) is 147 cm³/mol. The highest BCUT2D eigenvalue weighted by Gasteiger charge is 2.32. The Kier molecular flexibility index (Phi) is 7.81. The first-order valence-electron chi connectivity index (χ1n) is 13.2. The van der Waals surface area contributed by atoms with Crippen molar-refractivity contribution < 1.29 is 19.1 Å². The number of aryl methyl sites for hydroxylation is 2. The smallest absolute Gasteiger partial charge is 0.254 e. The largest absolute Gasteiger partial charge is 0.457 e. The lowest BCUT2D eigenvalue weighted by Gasteiger charge is -2.39. The van der Waals surface area contributed by atoms with Gasteiger partial charge in [-0.3, -0.25) is 19.3 Å². The van der Waals surface area contributed by atoms with Gasteiger partial charge in [0.05, 0.1) is 25.3 Å². The minimum Gasteiger partial charge on any atom is -0.457 e. The van der Waals surface area contributed by atoms with Crippen LogP contribution < -0.4 is 15.6 Å². The molecule has 2 aromatic carbocycles. The zero-order valence-electron chi connectivity index (χ0n) is 22.6. The van der Waals surface area contributed by atoms with Crippen molar-refractivity contribution in [3.8, 4) is 11.5 Å². The monoisotopic (exact) mass is 530 g/mol. The van der Waals surface area contributed by atoms with Crippen LogP contribution in [-0.4, -0.2) is 65.0 Å². The number of aromatic nitrogens is 1. The van der Waals surface area contributed by atoms with E-state index in [9.17, 15) is 14.4 Å². The number of nitrogens with zero attached hydrogens (tertiary/aromatic N) is 3. The second-order valence-corrected chi connectivity index (χ2v) is 10.4. The van der Waals surface area contributed by atoms with Gasteiger partial charge in [-0.05, 0) is 54.8 Å². The highest BCUT2D eigenvalue weighted by molar-refractivity contribution is 5.96. The Labute approximate surface area is 227 Å². The molecule has 0 aliphatic carbocycles. The second-order valence-electron chi connectivity index (χ2n) is 10.4. The maximum Gasteiger partial charge on any atom is 0.254 e. The first-order chi connectivity index (χ1) is 18.8. The van der Waals surface area contributed by atoms with Gasteiger partial charge in [-0.1, -0.05) is 24.3 Å². The number of nitrogens with one attached hydrogen (secondary N) is 1. The number of hydrogen-bond donors (Lipinski definition) is 1. The molecule has 0 saturated carbocycles. The molecule has 2 aliphatic heterocycles. The number of piperidine rings is 1. The normalized spacial score (nSPS) is 20.6. The molecule has 5 rings (SSSR count). The topological polar surface area (TPSA) is 93.1 Å². The molecule has 1 N–H and O–H groups in total. The first-order valence-corrected chi connectivity index (χ1v) is 13.2. The molecular weight excluding hydrogens is 496 g/mol. The number of carbonyl (C=O) groups excluding carboxylic acids is 2. The van der Waals surface area contributed by atoms with Crippen LogP contribution in [0.1, 0.15) is 33.5 Å². The molecule has 204 valence electrons. The van der Waals surface area contributed by atoms with Gasteiger partial charge in [0.25, 0.3) is 11.5 Å². The molecule has 1 saturated heterocycles. The van der Waals surface area contributed by atoms with Crippen molar-refractivity contribution in [1.82, 2.24) is 19.7 Å². The molecule has 1 fully saturated rings. The van der Waals surface area contributed by atoms with Crippen molar-refractivity contribution in [2.45, 2.75) is 38.6 Å². The third kappa shape index (κ3) is 6.21. The van der Waals surface area contributed by atoms with E-state index >= 15 is 0 Å². The molecule has 0 radical (unpaired) electrons. The molecule has 0 unspecified atom stereocenters. The van der Waals surface area contributed by atoms with Crippen molar-refractivity contribution >= 4 is 11.8 Å². The van der Waals surface area contributed by atoms with E-state index in [0.717, 1.165) is 17.7 Å². The number of carbonyl (C=O) groups is 2. The van der Waals surface area contributed by atoms with Gasteiger partial charge in [0.15, 0.2) is 0 Å². The zero-order valence-corrected chi connectivity index (χ0v) is 22.6. The Bertz CT molecular complexity index is 1430. The Morgan fingerprint density at radius 1 is 1.03 bits per heavy atom. The van der Waals surface area contributed by atoms with Gasteiger partial charge in [0.2, 0.25) is 5.91 Å². The minimum atomic E-state index is -0.305. The quantitative estimate of drug-likeness (QED) is 0.548. The second kappa shape index (κ2) is 11.4. The number of benzene rings is 2. The van der Waals surface area contributed by atoms with Crippen molar-refractivity contribution in [3.05, 3.63) is 93.4 Å². The van der Waals surface area contributed by atoms with Crippen LogP contribution >= 0.6 is 0 Å². The van der Waals surface area contributed by atoms with Gasteiger partial charge < -0.3 is 24.3 Å². The fraction of sp³-hybridized carbons (Fsp3) is 0.367. The standard InChI is InChI=1S/C30H34N4O5/c1-20-9-10-22-15-27(20)39-24-8-4-6-21(14-24)19-38-26-11-13-34(16-23-7-5-12-32(2)30(23)37)17-25(26)31-28(35)18-33(3)29(22)36/h4-10,12,14-15,25-26H,11,13,16-19H2,1-3H3,(H,31,35)/t25-,26+/m0/s1. The highest BCUT2D eigenvalue weighted by atomic mass is 16.5. The summed E-state index contributed by atoms with van der Waals surface area (Å²) < 4.78 is 14.1. The average molecular weight is 531 g/mol. The van der Waals surface area contributed by atoms with Crippen LogP contribution in [0.3, 0.4) is 0 Å². The van der Waals surface area contributed by atoms with Gasteiger partial charge in [-0.25, -0.2) is 0 Å². The number of pyridine rings is 1. The molecule has 3 aromatic rings. The summed E-state index contributed by atoms with van der Waals surface area (Å²) >= 11 is 0. The van der Waals surface area contributed by atoms with E-state index in [1.807, 2.05) is 49.4 Å². The van der Waals surface area contributed by atoms with Gasteiger partial charge in [-0.15, -0.1) is 0 Å². The summed E-state index contributed by atoms with van der Waals surface area (Å²) in [6.45, 7) is 3.94. The van der Waals surface area contributed by atoms with Crippen molar-refractivity contribution in [3.63, 3.8) is 0 Å². The van der Waals surface area contributed by atoms with Gasteiger partial charge in [-0.2, -0.15) is 0 Å². The Morgan fingerprint density at radius 2 is 1.87 bits per heavy atom. The number of amides is 2. The summed E-state index contributed by atoms with van der Waals surface area (Å²) in [7, 11) is 3.35. The third-order valence-electron chi connectivity index (χ3n) is 7.33. The number of hydrogen-bond acceptors (Lipinski definition) is 6.